The van der Waals surface area contributed by atoms with Crippen molar-refractivity contribution in [3.8, 4) is 6.07 Å². The largest absolute Gasteiger partial charge is 0.295 e. The van der Waals surface area contributed by atoms with E-state index in [9.17, 15) is 13.2 Å². The van der Waals surface area contributed by atoms with E-state index in [-0.39, 0.29) is 22.1 Å². The van der Waals surface area contributed by atoms with Crippen LogP contribution >= 0.6 is 0 Å². The number of aromatic amines is 1. The third-order valence-corrected chi connectivity index (χ3v) is 3.93. The van der Waals surface area contributed by atoms with Crippen molar-refractivity contribution in [2.24, 2.45) is 0 Å². The van der Waals surface area contributed by atoms with Gasteiger partial charge in [0.1, 0.15) is 11.6 Å². The van der Waals surface area contributed by atoms with Crippen LogP contribution in [-0.4, -0.2) is 24.4 Å². The number of hydrogen-bond acceptors (Lipinski definition) is 5. The van der Waals surface area contributed by atoms with Crippen LogP contribution in [0.4, 0.5) is 5.82 Å². The number of ketones is 1. The number of carbonyl (C=O) groups is 1. The molecule has 0 spiro atoms. The van der Waals surface area contributed by atoms with Gasteiger partial charge in [-0.1, -0.05) is 12.1 Å². The predicted molar refractivity (Wildman–Crippen MR) is 70.6 cm³/mol. The second-order valence-electron chi connectivity index (χ2n) is 3.96. The highest BCUT2D eigenvalue weighted by Crippen LogP contribution is 2.17. The van der Waals surface area contributed by atoms with Crippen LogP contribution < -0.4 is 4.72 Å². The molecule has 1 aromatic heterocycles. The predicted octanol–water partition coefficient (Wildman–Crippen LogP) is 1.28. The molecule has 102 valence electrons. The van der Waals surface area contributed by atoms with Gasteiger partial charge in [-0.2, -0.15) is 10.4 Å². The summed E-state index contributed by atoms with van der Waals surface area (Å²) < 4.78 is 26.4. The highest BCUT2D eigenvalue weighted by atomic mass is 32.2. The van der Waals surface area contributed by atoms with Gasteiger partial charge in [-0.15, -0.1) is 0 Å². The summed E-state index contributed by atoms with van der Waals surface area (Å²) >= 11 is 0. The first kappa shape index (κ1) is 13.8. The van der Waals surface area contributed by atoms with Crippen LogP contribution in [0.1, 0.15) is 22.8 Å². The highest BCUT2D eigenvalue weighted by Gasteiger charge is 2.17. The molecule has 7 nitrogen and oxygen atoms in total. The molecule has 0 fully saturated rings. The van der Waals surface area contributed by atoms with Gasteiger partial charge >= 0.3 is 0 Å². The van der Waals surface area contributed by atoms with Gasteiger partial charge in [0.25, 0.3) is 10.0 Å². The Morgan fingerprint density at radius 1 is 1.35 bits per heavy atom. The van der Waals surface area contributed by atoms with Crippen molar-refractivity contribution >= 4 is 21.6 Å². The Balaban J connectivity index is 2.31. The monoisotopic (exact) mass is 290 g/mol. The Morgan fingerprint density at radius 2 is 2.00 bits per heavy atom. The van der Waals surface area contributed by atoms with Crippen molar-refractivity contribution in [3.05, 3.63) is 41.6 Å². The number of nitrogens with one attached hydrogen (secondary N) is 2. The summed E-state index contributed by atoms with van der Waals surface area (Å²) in [6, 6.07) is 7.30. The van der Waals surface area contributed by atoms with Crippen LogP contribution in [0.3, 0.4) is 0 Å². The minimum Gasteiger partial charge on any atom is -0.295 e. The summed E-state index contributed by atoms with van der Waals surface area (Å²) in [5.41, 5.74) is 0.511. The van der Waals surface area contributed by atoms with E-state index in [4.69, 9.17) is 5.26 Å². The number of rotatable bonds is 4. The molecule has 0 unspecified atom stereocenters. The Hall–Kier alpha value is -2.66. The van der Waals surface area contributed by atoms with E-state index in [1.807, 2.05) is 6.07 Å². The molecule has 2 rings (SSSR count). The maximum absolute atomic E-state index is 12.1. The zero-order chi connectivity index (χ0) is 14.8. The van der Waals surface area contributed by atoms with Crippen LogP contribution in [0.25, 0.3) is 0 Å². The zero-order valence-electron chi connectivity index (χ0n) is 10.4. The Morgan fingerprint density at radius 3 is 2.55 bits per heavy atom. The van der Waals surface area contributed by atoms with E-state index >= 15 is 0 Å². The number of anilines is 1. The lowest BCUT2D eigenvalue weighted by molar-refractivity contribution is 0.101. The summed E-state index contributed by atoms with van der Waals surface area (Å²) in [4.78, 5) is 11.1. The Kier molecular flexibility index (Phi) is 3.54. The zero-order valence-corrected chi connectivity index (χ0v) is 11.2. The molecule has 0 aliphatic rings. The van der Waals surface area contributed by atoms with E-state index < -0.39 is 10.0 Å². The maximum atomic E-state index is 12.1. The first-order valence-corrected chi connectivity index (χ1v) is 6.99. The van der Waals surface area contributed by atoms with E-state index in [1.165, 1.54) is 37.4 Å². The number of carbonyl (C=O) groups excluding carboxylic acids is 1. The SMILES string of the molecule is CC(=O)c1ccc(S(=O)(=O)Nc2[nH]ncc2C#N)cc1. The van der Waals surface area contributed by atoms with E-state index in [1.54, 1.807) is 0 Å². The smallest absolute Gasteiger partial charge is 0.263 e. The van der Waals surface area contributed by atoms with E-state index in [0.717, 1.165) is 0 Å². The quantitative estimate of drug-likeness (QED) is 0.823. The molecular weight excluding hydrogens is 280 g/mol. The van der Waals surface area contributed by atoms with Crippen LogP contribution in [0, 0.1) is 11.3 Å². The van der Waals surface area contributed by atoms with Gasteiger partial charge in [0.05, 0.1) is 11.1 Å². The second-order valence-corrected chi connectivity index (χ2v) is 5.64. The molecule has 2 aromatic rings. The van der Waals surface area contributed by atoms with Crippen molar-refractivity contribution in [1.29, 1.82) is 5.26 Å². The number of nitriles is 1. The van der Waals surface area contributed by atoms with Gasteiger partial charge in [-0.05, 0) is 19.1 Å². The average molecular weight is 290 g/mol. The number of Topliss-reactive ketones (excluding diaryl/α,β-unsaturated/α-hetero) is 1. The van der Waals surface area contributed by atoms with Crippen molar-refractivity contribution in [3.63, 3.8) is 0 Å². The number of sulfonamides is 1. The van der Waals surface area contributed by atoms with Gasteiger partial charge in [0, 0.05) is 5.56 Å². The molecule has 0 aliphatic heterocycles. The van der Waals surface area contributed by atoms with Crippen molar-refractivity contribution in [2.45, 2.75) is 11.8 Å². The van der Waals surface area contributed by atoms with Crippen LogP contribution in [-0.2, 0) is 10.0 Å². The average Bonchev–Trinajstić information content (AvgIpc) is 2.85. The Bertz CT molecular complexity index is 785. The normalized spacial score (nSPS) is 10.8. The van der Waals surface area contributed by atoms with Crippen LogP contribution in [0.5, 0.6) is 0 Å². The molecule has 0 amide bonds. The van der Waals surface area contributed by atoms with Crippen LogP contribution in [0.15, 0.2) is 35.4 Å². The number of H-pyrrole nitrogens is 1. The molecule has 20 heavy (non-hydrogen) atoms. The molecule has 0 saturated heterocycles. The standard InChI is InChI=1S/C12H10N4O3S/c1-8(17)9-2-4-11(5-3-9)20(18,19)16-12-10(6-13)7-14-15-12/h2-5,7H,1H3,(H2,14,15,16). The van der Waals surface area contributed by atoms with E-state index in [0.29, 0.717) is 5.56 Å². The summed E-state index contributed by atoms with van der Waals surface area (Å²) in [5, 5.41) is 14.8. The van der Waals surface area contributed by atoms with Gasteiger partial charge in [0.15, 0.2) is 11.6 Å². The fourth-order valence-electron chi connectivity index (χ4n) is 1.51. The first-order valence-electron chi connectivity index (χ1n) is 5.51. The summed E-state index contributed by atoms with van der Waals surface area (Å²) in [7, 11) is -3.84. The lowest BCUT2D eigenvalue weighted by Crippen LogP contribution is -2.14. The van der Waals surface area contributed by atoms with Gasteiger partial charge in [0.2, 0.25) is 0 Å². The van der Waals surface area contributed by atoms with Crippen LogP contribution in [0.2, 0.25) is 0 Å². The minimum atomic E-state index is -3.84. The number of benzene rings is 1. The minimum absolute atomic E-state index is 0.00291. The summed E-state index contributed by atoms with van der Waals surface area (Å²) in [5.74, 6) is -0.148. The molecule has 0 aliphatic carbocycles. The number of nitrogens with zero attached hydrogens (tertiary/aromatic N) is 2. The number of aromatic nitrogens is 2. The van der Waals surface area contributed by atoms with E-state index in [2.05, 4.69) is 14.9 Å². The molecule has 0 bridgehead atoms. The van der Waals surface area contributed by atoms with Gasteiger partial charge in [-0.25, -0.2) is 8.42 Å². The molecule has 0 atom stereocenters. The second kappa shape index (κ2) is 5.14. The fourth-order valence-corrected chi connectivity index (χ4v) is 2.55. The summed E-state index contributed by atoms with van der Waals surface area (Å²) in [6.07, 6.45) is 1.22. The highest BCUT2D eigenvalue weighted by molar-refractivity contribution is 7.92. The van der Waals surface area contributed by atoms with Crippen molar-refractivity contribution in [1.82, 2.24) is 10.2 Å². The van der Waals surface area contributed by atoms with Gasteiger partial charge < -0.3 is 0 Å². The Labute approximate surface area is 115 Å². The number of hydrogen-bond donors (Lipinski definition) is 2. The molecule has 0 saturated carbocycles. The maximum Gasteiger partial charge on any atom is 0.263 e. The molecule has 1 heterocycles. The third kappa shape index (κ3) is 2.67. The third-order valence-electron chi connectivity index (χ3n) is 2.57. The van der Waals surface area contributed by atoms with Crippen molar-refractivity contribution in [2.75, 3.05) is 4.72 Å². The molecule has 0 radical (unpaired) electrons. The first-order chi connectivity index (χ1) is 9.44. The fraction of sp³-hybridized carbons (Fsp3) is 0.0833. The lowest BCUT2D eigenvalue weighted by atomic mass is 10.2. The molecule has 2 N–H and O–H groups in total. The molecular formula is C12H10N4O3S. The topological polar surface area (TPSA) is 116 Å². The summed E-state index contributed by atoms with van der Waals surface area (Å²) in [6.45, 7) is 1.39. The molecule has 8 heteroatoms. The molecule has 1 aromatic carbocycles. The van der Waals surface area contributed by atoms with Crippen molar-refractivity contribution < 1.29 is 13.2 Å². The van der Waals surface area contributed by atoms with Gasteiger partial charge in [-0.3, -0.25) is 14.6 Å². The lowest BCUT2D eigenvalue weighted by Gasteiger charge is -2.06.